The number of benzene rings is 1. The van der Waals surface area contributed by atoms with Crippen LogP contribution in [0.25, 0.3) is 0 Å². The first-order valence-corrected chi connectivity index (χ1v) is 10.4. The molecule has 2 fully saturated rings. The van der Waals surface area contributed by atoms with Crippen molar-refractivity contribution >= 4 is 17.1 Å². The van der Waals surface area contributed by atoms with E-state index in [1.165, 1.54) is 0 Å². The van der Waals surface area contributed by atoms with Gasteiger partial charge in [0.2, 0.25) is 0 Å². The molecule has 2 aliphatic heterocycles. The van der Waals surface area contributed by atoms with Crippen LogP contribution in [-0.4, -0.2) is 28.0 Å². The van der Waals surface area contributed by atoms with Gasteiger partial charge >= 0.3 is 0 Å². The van der Waals surface area contributed by atoms with Gasteiger partial charge in [0, 0.05) is 10.5 Å². The maximum Gasteiger partial charge on any atom is 0.148 e. The van der Waals surface area contributed by atoms with E-state index in [9.17, 15) is 9.00 Å². The maximum atomic E-state index is 12.8. The first-order chi connectivity index (χ1) is 11.8. The van der Waals surface area contributed by atoms with Crippen LogP contribution in [0.3, 0.4) is 0 Å². The van der Waals surface area contributed by atoms with Gasteiger partial charge in [-0.3, -0.25) is 9.00 Å². The topological polar surface area (TPSA) is 43.4 Å². The van der Waals surface area contributed by atoms with E-state index in [0.29, 0.717) is 23.0 Å². The van der Waals surface area contributed by atoms with Crippen LogP contribution >= 0.6 is 0 Å². The van der Waals surface area contributed by atoms with E-state index >= 15 is 0 Å². The Labute approximate surface area is 152 Å². The molecule has 25 heavy (non-hydrogen) atoms. The van der Waals surface area contributed by atoms with E-state index in [4.69, 9.17) is 4.74 Å². The molecule has 4 rings (SSSR count). The van der Waals surface area contributed by atoms with Gasteiger partial charge in [-0.05, 0) is 61.1 Å². The van der Waals surface area contributed by atoms with Crippen molar-refractivity contribution in [3.63, 3.8) is 0 Å². The minimum Gasteiger partial charge on any atom is -0.366 e. The van der Waals surface area contributed by atoms with Crippen LogP contribution in [0.2, 0.25) is 0 Å². The van der Waals surface area contributed by atoms with Crippen molar-refractivity contribution in [1.82, 2.24) is 0 Å². The number of aldehydes is 1. The lowest BCUT2D eigenvalue weighted by atomic mass is 9.80. The first-order valence-electron chi connectivity index (χ1n) is 9.11. The Morgan fingerprint density at radius 2 is 1.92 bits per heavy atom. The quantitative estimate of drug-likeness (QED) is 0.767. The third-order valence-electron chi connectivity index (χ3n) is 6.36. The van der Waals surface area contributed by atoms with Gasteiger partial charge in [-0.25, -0.2) is 0 Å². The van der Waals surface area contributed by atoms with Gasteiger partial charge < -0.3 is 4.74 Å². The van der Waals surface area contributed by atoms with Crippen molar-refractivity contribution in [2.75, 3.05) is 5.75 Å². The fraction of sp³-hybridized carbons (Fsp3) is 0.571. The lowest BCUT2D eigenvalue weighted by Gasteiger charge is -2.37. The molecule has 134 valence electrons. The molecule has 0 amide bonds. The summed E-state index contributed by atoms with van der Waals surface area (Å²) in [6.45, 7) is 6.83. The standard InChI is InChI=1S/C21H26O3S/c1-20(2)10-16-18(11-20)21(3)9-14(17(12-22)19(16)24-21)13-25(23)15-7-5-4-6-8-15/h4-8,12,16,18-19H,9-11,13H2,1-3H3/t16-,18+,19-,21-,25?/m1/s1. The number of carbonyl (C=O) groups is 1. The molecule has 3 nitrogen and oxygen atoms in total. The molecule has 1 aliphatic carbocycles. The van der Waals surface area contributed by atoms with Gasteiger partial charge in [-0.1, -0.05) is 32.0 Å². The Kier molecular flexibility index (Phi) is 4.04. The molecule has 2 heterocycles. The Hall–Kier alpha value is -1.26. The summed E-state index contributed by atoms with van der Waals surface area (Å²) in [5, 5.41) is 0. The average Bonchev–Trinajstić information content (AvgIpc) is 3.00. The zero-order chi connectivity index (χ0) is 17.8. The Balaban J connectivity index is 1.65. The van der Waals surface area contributed by atoms with Crippen LogP contribution in [-0.2, 0) is 20.3 Å². The lowest BCUT2D eigenvalue weighted by Crippen LogP contribution is -2.38. The molecule has 5 atom stereocenters. The monoisotopic (exact) mass is 358 g/mol. The highest BCUT2D eigenvalue weighted by Gasteiger charge is 2.61. The summed E-state index contributed by atoms with van der Waals surface area (Å²) in [6.07, 6.45) is 3.84. The average molecular weight is 359 g/mol. The highest BCUT2D eigenvalue weighted by Crippen LogP contribution is 2.61. The van der Waals surface area contributed by atoms with E-state index in [0.717, 1.165) is 41.6 Å². The molecule has 0 aromatic heterocycles. The second kappa shape index (κ2) is 5.88. The largest absolute Gasteiger partial charge is 0.366 e. The Bertz CT molecular complexity index is 752. The molecule has 0 spiro atoms. The molecule has 4 heteroatoms. The van der Waals surface area contributed by atoms with Crippen molar-refractivity contribution in [3.8, 4) is 0 Å². The van der Waals surface area contributed by atoms with Gasteiger partial charge in [-0.2, -0.15) is 0 Å². The summed E-state index contributed by atoms with van der Waals surface area (Å²) in [6, 6.07) is 9.53. The lowest BCUT2D eigenvalue weighted by molar-refractivity contribution is -0.108. The van der Waals surface area contributed by atoms with Crippen LogP contribution in [0.4, 0.5) is 0 Å². The summed E-state index contributed by atoms with van der Waals surface area (Å²) >= 11 is 0. The predicted molar refractivity (Wildman–Crippen MR) is 98.7 cm³/mol. The minimum atomic E-state index is -1.12. The van der Waals surface area contributed by atoms with E-state index in [2.05, 4.69) is 20.8 Å². The van der Waals surface area contributed by atoms with Crippen molar-refractivity contribution in [2.45, 2.75) is 56.6 Å². The molecule has 0 N–H and O–H groups in total. The molecule has 1 saturated heterocycles. The number of carbonyl (C=O) groups excluding carboxylic acids is 1. The third kappa shape index (κ3) is 2.83. The summed E-state index contributed by atoms with van der Waals surface area (Å²) in [5.41, 5.74) is 1.91. The van der Waals surface area contributed by atoms with Crippen LogP contribution in [0.5, 0.6) is 0 Å². The summed E-state index contributed by atoms with van der Waals surface area (Å²) in [7, 11) is -1.12. The van der Waals surface area contributed by atoms with Crippen LogP contribution < -0.4 is 0 Å². The van der Waals surface area contributed by atoms with Crippen LogP contribution in [0.15, 0.2) is 46.4 Å². The summed E-state index contributed by atoms with van der Waals surface area (Å²) in [4.78, 5) is 12.7. The molecule has 3 aliphatic rings. The molecule has 1 aromatic carbocycles. The second-order valence-corrected chi connectivity index (χ2v) is 10.3. The zero-order valence-electron chi connectivity index (χ0n) is 15.2. The van der Waals surface area contributed by atoms with Crippen molar-refractivity contribution in [3.05, 3.63) is 41.5 Å². The van der Waals surface area contributed by atoms with E-state index < -0.39 is 10.8 Å². The highest BCUT2D eigenvalue weighted by molar-refractivity contribution is 7.85. The summed E-state index contributed by atoms with van der Waals surface area (Å²) in [5.74, 6) is 1.35. The van der Waals surface area contributed by atoms with Crippen molar-refractivity contribution in [2.24, 2.45) is 17.3 Å². The highest BCUT2D eigenvalue weighted by atomic mass is 32.2. The van der Waals surface area contributed by atoms with Gasteiger partial charge in [0.15, 0.2) is 0 Å². The van der Waals surface area contributed by atoms with E-state index in [1.807, 2.05) is 30.3 Å². The third-order valence-corrected chi connectivity index (χ3v) is 7.77. The molecule has 1 aromatic rings. The van der Waals surface area contributed by atoms with Crippen molar-refractivity contribution in [1.29, 1.82) is 0 Å². The number of rotatable bonds is 4. The zero-order valence-corrected chi connectivity index (χ0v) is 16.0. The van der Waals surface area contributed by atoms with E-state index in [1.54, 1.807) is 0 Å². The molecule has 0 radical (unpaired) electrons. The van der Waals surface area contributed by atoms with Crippen LogP contribution in [0.1, 0.15) is 40.0 Å². The first kappa shape index (κ1) is 17.2. The van der Waals surface area contributed by atoms with Gasteiger partial charge in [0.1, 0.15) is 6.29 Å². The second-order valence-electron chi connectivity index (χ2n) is 8.85. The molecule has 1 unspecified atom stereocenters. The van der Waals surface area contributed by atoms with Gasteiger partial charge in [0.25, 0.3) is 0 Å². The SMILES string of the molecule is CC1(C)C[C@H]2[C@H]3O[C@](C)(CC(CS(=O)c4ccccc4)=C3C=O)[C@H]2C1. The maximum absolute atomic E-state index is 12.8. The van der Waals surface area contributed by atoms with Crippen LogP contribution in [0, 0.1) is 17.3 Å². The smallest absolute Gasteiger partial charge is 0.148 e. The summed E-state index contributed by atoms with van der Waals surface area (Å²) < 4.78 is 19.2. The number of ether oxygens (including phenoxy) is 1. The molecule has 2 bridgehead atoms. The Morgan fingerprint density at radius 1 is 1.20 bits per heavy atom. The molecular formula is C21H26O3S. The Morgan fingerprint density at radius 3 is 2.60 bits per heavy atom. The van der Waals surface area contributed by atoms with E-state index in [-0.39, 0.29) is 11.7 Å². The van der Waals surface area contributed by atoms with Gasteiger partial charge in [-0.15, -0.1) is 0 Å². The van der Waals surface area contributed by atoms with Gasteiger partial charge in [0.05, 0.1) is 28.3 Å². The number of hydrogen-bond acceptors (Lipinski definition) is 3. The molecular weight excluding hydrogens is 332 g/mol. The predicted octanol–water partition coefficient (Wildman–Crippen LogP) is 3.90. The minimum absolute atomic E-state index is 0.106. The fourth-order valence-corrected chi connectivity index (χ4v) is 6.57. The molecule has 1 saturated carbocycles. The number of fused-ring (bicyclic) bond motifs is 5. The normalized spacial score (nSPS) is 37.0. The van der Waals surface area contributed by atoms with Crippen molar-refractivity contribution < 1.29 is 13.7 Å². The number of hydrogen-bond donors (Lipinski definition) is 0. The fourth-order valence-electron chi connectivity index (χ4n) is 5.35.